The smallest absolute Gasteiger partial charge is 0.310 e. The van der Waals surface area contributed by atoms with Gasteiger partial charge in [-0.15, -0.1) is 0 Å². The second-order valence-electron chi connectivity index (χ2n) is 13.3. The minimum atomic E-state index is -0.475. The van der Waals surface area contributed by atoms with Crippen LogP contribution in [-0.2, 0) is 32.0 Å². The first-order valence-electron chi connectivity index (χ1n) is 17.4. The molecule has 2 aromatic rings. The standard InChI is InChI=1S/C38H54NO6/c1-5-6-7-8-9-10-11-12-13-14-15-16-17-21-35(42)43-27-39(4)25-24-30-19-18-20-32-36(30)33(39)26-31-22-23-34(44-28(2)40)38(37(31)32)45-29(3)41/h18-20,22-23,33H,5-17,21,24-27H2,1-4H3/q+1/t33-,39?/m0/s1. The van der Waals surface area contributed by atoms with Crippen molar-refractivity contribution in [3.05, 3.63) is 47.0 Å². The number of hydrogen-bond acceptors (Lipinski definition) is 6. The second kappa shape index (κ2) is 16.9. The SMILES string of the molecule is CCCCCCCCCCCCCCCC(=O)OC[N+]1(C)CCc2cccc3c2[C@@H]1Cc1ccc(OC(C)=O)c(OC(C)=O)c1-3. The number of esters is 3. The van der Waals surface area contributed by atoms with E-state index in [0.29, 0.717) is 24.1 Å². The van der Waals surface area contributed by atoms with E-state index in [-0.39, 0.29) is 23.5 Å². The average Bonchev–Trinajstić information content (AvgIpc) is 3.01. The number of nitrogens with zero attached hydrogens (tertiary/aromatic N) is 1. The van der Waals surface area contributed by atoms with Crippen molar-refractivity contribution in [2.45, 2.75) is 130 Å². The first-order valence-corrected chi connectivity index (χ1v) is 17.4. The van der Waals surface area contributed by atoms with Crippen molar-refractivity contribution in [2.75, 3.05) is 20.3 Å². The first kappa shape index (κ1) is 34.7. The molecule has 4 rings (SSSR count). The van der Waals surface area contributed by atoms with E-state index in [1.54, 1.807) is 6.07 Å². The Kier molecular flexibility index (Phi) is 13.0. The molecule has 2 aliphatic rings. The summed E-state index contributed by atoms with van der Waals surface area (Å²) < 4.78 is 17.6. The number of ether oxygens (including phenoxy) is 3. The van der Waals surface area contributed by atoms with Crippen LogP contribution >= 0.6 is 0 Å². The molecule has 2 atom stereocenters. The van der Waals surface area contributed by atoms with Gasteiger partial charge in [-0.2, -0.15) is 0 Å². The summed E-state index contributed by atoms with van der Waals surface area (Å²) in [5.74, 6) is -0.540. The average molecular weight is 621 g/mol. The summed E-state index contributed by atoms with van der Waals surface area (Å²) in [6.45, 7) is 6.14. The number of hydrogen-bond donors (Lipinski definition) is 0. The Morgan fingerprint density at radius 1 is 0.778 bits per heavy atom. The number of likely N-dealkylation sites (N-methyl/N-ethyl adjacent to an activating group) is 1. The number of unbranched alkanes of at least 4 members (excludes halogenated alkanes) is 12. The number of rotatable bonds is 18. The van der Waals surface area contributed by atoms with Crippen molar-refractivity contribution in [3.8, 4) is 22.6 Å². The number of benzene rings is 2. The lowest BCUT2D eigenvalue weighted by Crippen LogP contribution is -2.54. The third-order valence-corrected chi connectivity index (χ3v) is 9.57. The summed E-state index contributed by atoms with van der Waals surface area (Å²) in [5, 5.41) is 0. The Bertz CT molecular complexity index is 1320. The van der Waals surface area contributed by atoms with Crippen LogP contribution in [-0.4, -0.2) is 42.7 Å². The topological polar surface area (TPSA) is 78.9 Å². The molecule has 1 aliphatic heterocycles. The summed E-state index contributed by atoms with van der Waals surface area (Å²) in [5.41, 5.74) is 5.24. The van der Waals surface area contributed by atoms with Crippen LogP contribution in [0.4, 0.5) is 0 Å². The molecule has 7 heteroatoms. The molecule has 0 radical (unpaired) electrons. The first-order chi connectivity index (χ1) is 21.7. The maximum absolute atomic E-state index is 12.8. The third-order valence-electron chi connectivity index (χ3n) is 9.57. The van der Waals surface area contributed by atoms with E-state index in [1.807, 2.05) is 18.2 Å². The number of carbonyl (C=O) groups is 3. The van der Waals surface area contributed by atoms with E-state index < -0.39 is 11.9 Å². The number of fused-ring (bicyclic) bond motifs is 2. The highest BCUT2D eigenvalue weighted by Crippen LogP contribution is 2.52. The third kappa shape index (κ3) is 9.41. The van der Waals surface area contributed by atoms with Crippen LogP contribution in [0.2, 0.25) is 0 Å². The van der Waals surface area contributed by atoms with Gasteiger partial charge >= 0.3 is 17.9 Å². The Morgan fingerprint density at radius 3 is 2.02 bits per heavy atom. The van der Waals surface area contributed by atoms with Gasteiger partial charge in [0.1, 0.15) is 6.04 Å². The molecule has 0 N–H and O–H groups in total. The molecule has 0 saturated carbocycles. The largest absolute Gasteiger partial charge is 0.423 e. The van der Waals surface area contributed by atoms with Crippen molar-refractivity contribution in [3.63, 3.8) is 0 Å². The molecule has 0 bridgehead atoms. The van der Waals surface area contributed by atoms with Gasteiger partial charge in [0.05, 0.1) is 13.6 Å². The monoisotopic (exact) mass is 620 g/mol. The van der Waals surface area contributed by atoms with Crippen LogP contribution in [0.3, 0.4) is 0 Å². The maximum atomic E-state index is 12.8. The summed E-state index contributed by atoms with van der Waals surface area (Å²) in [4.78, 5) is 36.7. The molecule has 1 aliphatic carbocycles. The van der Waals surface area contributed by atoms with Gasteiger partial charge in [0, 0.05) is 44.2 Å². The van der Waals surface area contributed by atoms with Crippen LogP contribution in [0.1, 0.15) is 133 Å². The van der Waals surface area contributed by atoms with Gasteiger partial charge in [0.2, 0.25) is 6.73 Å². The van der Waals surface area contributed by atoms with Crippen molar-refractivity contribution in [1.29, 1.82) is 0 Å². The zero-order valence-corrected chi connectivity index (χ0v) is 28.1. The van der Waals surface area contributed by atoms with E-state index in [9.17, 15) is 14.4 Å². The van der Waals surface area contributed by atoms with Crippen LogP contribution < -0.4 is 9.47 Å². The van der Waals surface area contributed by atoms with Crippen LogP contribution in [0, 0.1) is 0 Å². The molecule has 1 unspecified atom stereocenters. The number of carbonyl (C=O) groups excluding carboxylic acids is 3. The lowest BCUT2D eigenvalue weighted by Gasteiger charge is -2.47. The second-order valence-corrected chi connectivity index (χ2v) is 13.3. The summed E-state index contributed by atoms with van der Waals surface area (Å²) in [6.07, 6.45) is 18.6. The molecule has 0 spiro atoms. The van der Waals surface area contributed by atoms with Crippen molar-refractivity contribution in [1.82, 2.24) is 0 Å². The summed E-state index contributed by atoms with van der Waals surface area (Å²) >= 11 is 0. The van der Waals surface area contributed by atoms with E-state index in [2.05, 4.69) is 20.0 Å². The Labute approximate surface area is 270 Å². The maximum Gasteiger partial charge on any atom is 0.310 e. The van der Waals surface area contributed by atoms with Gasteiger partial charge in [-0.1, -0.05) is 108 Å². The Morgan fingerprint density at radius 2 is 1.40 bits per heavy atom. The fourth-order valence-electron chi connectivity index (χ4n) is 7.10. The highest BCUT2D eigenvalue weighted by molar-refractivity contribution is 5.86. The zero-order valence-electron chi connectivity index (χ0n) is 28.1. The molecule has 246 valence electrons. The molecule has 45 heavy (non-hydrogen) atoms. The molecule has 0 fully saturated rings. The molecule has 0 aromatic heterocycles. The summed E-state index contributed by atoms with van der Waals surface area (Å²) in [7, 11) is 2.17. The Balaban J connectivity index is 1.30. The predicted octanol–water partition coefficient (Wildman–Crippen LogP) is 8.79. The van der Waals surface area contributed by atoms with Crippen molar-refractivity contribution >= 4 is 17.9 Å². The van der Waals surface area contributed by atoms with E-state index in [0.717, 1.165) is 42.5 Å². The normalized spacial score (nSPS) is 18.1. The van der Waals surface area contributed by atoms with Crippen molar-refractivity contribution < 1.29 is 33.1 Å². The van der Waals surface area contributed by atoms with Gasteiger partial charge in [0.25, 0.3) is 0 Å². The Hall–Kier alpha value is -3.19. The van der Waals surface area contributed by atoms with Gasteiger partial charge in [0.15, 0.2) is 11.5 Å². The molecule has 7 nitrogen and oxygen atoms in total. The van der Waals surface area contributed by atoms with Gasteiger partial charge in [-0.05, 0) is 29.2 Å². The number of quaternary nitrogens is 1. The quantitative estimate of drug-likeness (QED) is 0.0717. The van der Waals surface area contributed by atoms with Crippen LogP contribution in [0.15, 0.2) is 30.3 Å². The summed E-state index contributed by atoms with van der Waals surface area (Å²) in [6, 6.07) is 9.98. The minimum Gasteiger partial charge on any atom is -0.423 e. The molecule has 0 saturated heterocycles. The van der Waals surface area contributed by atoms with Gasteiger partial charge < -0.3 is 14.2 Å². The zero-order chi connectivity index (χ0) is 32.2. The highest BCUT2D eigenvalue weighted by atomic mass is 16.6. The van der Waals surface area contributed by atoms with E-state index in [1.165, 1.54) is 95.6 Å². The van der Waals surface area contributed by atoms with Gasteiger partial charge in [-0.25, -0.2) is 0 Å². The fraction of sp³-hybridized carbons (Fsp3) is 0.605. The predicted molar refractivity (Wildman–Crippen MR) is 177 cm³/mol. The highest BCUT2D eigenvalue weighted by Gasteiger charge is 2.45. The van der Waals surface area contributed by atoms with Gasteiger partial charge in [-0.3, -0.25) is 18.9 Å². The molecular weight excluding hydrogens is 566 g/mol. The molecule has 0 amide bonds. The van der Waals surface area contributed by atoms with Crippen molar-refractivity contribution in [2.24, 2.45) is 0 Å². The molecule has 2 aromatic carbocycles. The van der Waals surface area contributed by atoms with Crippen LogP contribution in [0.5, 0.6) is 11.5 Å². The molecule has 1 heterocycles. The minimum absolute atomic E-state index is 0.0892. The van der Waals surface area contributed by atoms with E-state index in [4.69, 9.17) is 14.2 Å². The molecular formula is C38H54NO6+. The van der Waals surface area contributed by atoms with E-state index >= 15 is 0 Å². The van der Waals surface area contributed by atoms with Crippen LogP contribution in [0.25, 0.3) is 11.1 Å². The lowest BCUT2D eigenvalue weighted by atomic mass is 9.76. The fourth-order valence-corrected chi connectivity index (χ4v) is 7.10. The lowest BCUT2D eigenvalue weighted by molar-refractivity contribution is -0.956.